The summed E-state index contributed by atoms with van der Waals surface area (Å²) in [4.78, 5) is 0.202. The van der Waals surface area contributed by atoms with Gasteiger partial charge in [-0.3, -0.25) is 0 Å². The molecule has 0 radical (unpaired) electrons. The summed E-state index contributed by atoms with van der Waals surface area (Å²) >= 11 is 6.67. The van der Waals surface area contributed by atoms with Crippen molar-refractivity contribution in [3.05, 3.63) is 0 Å². The normalized spacial score (nSPS) is 13.7. The average Bonchev–Trinajstić information content (AvgIpc) is 1.80. The van der Waals surface area contributed by atoms with Gasteiger partial charge in [-0.05, 0) is 12.8 Å². The number of nitrogens with two attached hydrogens (primary N) is 1. The van der Waals surface area contributed by atoms with Crippen LogP contribution in [0.25, 0.3) is 0 Å². The van der Waals surface area contributed by atoms with E-state index in [0.29, 0.717) is 0 Å². The molecule has 1 nitrogen and oxygen atoms in total. The van der Waals surface area contributed by atoms with E-state index in [2.05, 4.69) is 31.9 Å². The van der Waals surface area contributed by atoms with Crippen LogP contribution in [0.5, 0.6) is 0 Å². The topological polar surface area (TPSA) is 26.0 Å². The van der Waals surface area contributed by atoms with Crippen LogP contribution in [0.4, 0.5) is 0 Å². The summed E-state index contributed by atoms with van der Waals surface area (Å²) in [5.74, 6) is 0. The van der Waals surface area contributed by atoms with Crippen molar-refractivity contribution < 1.29 is 0 Å². The summed E-state index contributed by atoms with van der Waals surface area (Å²) < 4.78 is 0. The number of alkyl halides is 2. The SMILES string of the molecule is NC(Br)CCCCCBr. The molecule has 0 aliphatic heterocycles. The molecular formula is C6H13Br2N. The molecule has 2 N–H and O–H groups in total. The fourth-order valence-electron chi connectivity index (χ4n) is 0.611. The largest absolute Gasteiger partial charge is 0.319 e. The quantitative estimate of drug-likeness (QED) is 0.458. The number of rotatable bonds is 5. The minimum absolute atomic E-state index is 0.202. The summed E-state index contributed by atoms with van der Waals surface area (Å²) in [6.07, 6.45) is 4.87. The summed E-state index contributed by atoms with van der Waals surface area (Å²) in [7, 11) is 0. The second-order valence-electron chi connectivity index (χ2n) is 2.05. The lowest BCUT2D eigenvalue weighted by Gasteiger charge is -2.00. The van der Waals surface area contributed by atoms with Gasteiger partial charge in [-0.2, -0.15) is 0 Å². The van der Waals surface area contributed by atoms with Gasteiger partial charge in [-0.25, -0.2) is 0 Å². The van der Waals surface area contributed by atoms with Crippen LogP contribution in [0, 0.1) is 0 Å². The monoisotopic (exact) mass is 257 g/mol. The molecule has 0 saturated carbocycles. The first-order valence-electron chi connectivity index (χ1n) is 3.23. The zero-order valence-corrected chi connectivity index (χ0v) is 8.62. The van der Waals surface area contributed by atoms with Crippen molar-refractivity contribution >= 4 is 31.9 Å². The Balaban J connectivity index is 2.75. The molecule has 0 amide bonds. The Morgan fingerprint density at radius 3 is 2.33 bits per heavy atom. The molecule has 0 aliphatic rings. The smallest absolute Gasteiger partial charge is 0.0605 e. The second kappa shape index (κ2) is 7.03. The van der Waals surface area contributed by atoms with Crippen LogP contribution in [-0.4, -0.2) is 10.3 Å². The highest BCUT2D eigenvalue weighted by Gasteiger charge is 1.93. The maximum atomic E-state index is 5.48. The van der Waals surface area contributed by atoms with E-state index < -0.39 is 0 Å². The van der Waals surface area contributed by atoms with Gasteiger partial charge >= 0.3 is 0 Å². The van der Waals surface area contributed by atoms with Crippen molar-refractivity contribution in [3.8, 4) is 0 Å². The molecule has 0 aliphatic carbocycles. The number of unbranched alkanes of at least 4 members (excludes halogenated alkanes) is 2. The Morgan fingerprint density at radius 1 is 1.22 bits per heavy atom. The van der Waals surface area contributed by atoms with Gasteiger partial charge in [0.15, 0.2) is 0 Å². The highest BCUT2D eigenvalue weighted by molar-refractivity contribution is 9.09. The Bertz CT molecular complexity index is 57.0. The van der Waals surface area contributed by atoms with Gasteiger partial charge in [0.25, 0.3) is 0 Å². The Kier molecular flexibility index (Phi) is 7.75. The molecule has 0 saturated heterocycles. The first kappa shape index (κ1) is 9.92. The predicted octanol–water partition coefficient (Wildman–Crippen LogP) is 2.62. The average molecular weight is 259 g/mol. The van der Waals surface area contributed by atoms with Crippen LogP contribution in [-0.2, 0) is 0 Å². The van der Waals surface area contributed by atoms with E-state index in [1.54, 1.807) is 0 Å². The van der Waals surface area contributed by atoms with Crippen molar-refractivity contribution in [1.29, 1.82) is 0 Å². The van der Waals surface area contributed by atoms with Crippen molar-refractivity contribution in [2.45, 2.75) is 30.6 Å². The molecule has 0 aromatic rings. The molecule has 0 fully saturated rings. The summed E-state index contributed by atoms with van der Waals surface area (Å²) in [6, 6.07) is 0. The van der Waals surface area contributed by atoms with Gasteiger partial charge in [0.1, 0.15) is 0 Å². The maximum Gasteiger partial charge on any atom is 0.0605 e. The maximum absolute atomic E-state index is 5.48. The molecule has 0 rings (SSSR count). The van der Waals surface area contributed by atoms with Crippen molar-refractivity contribution in [2.75, 3.05) is 5.33 Å². The summed E-state index contributed by atoms with van der Waals surface area (Å²) in [5.41, 5.74) is 5.48. The summed E-state index contributed by atoms with van der Waals surface area (Å²) in [5, 5.41) is 1.12. The van der Waals surface area contributed by atoms with Crippen LogP contribution in [0.1, 0.15) is 25.7 Å². The Hall–Kier alpha value is 0.920. The predicted molar refractivity (Wildman–Crippen MR) is 49.2 cm³/mol. The van der Waals surface area contributed by atoms with Crippen LogP contribution in [0.3, 0.4) is 0 Å². The van der Waals surface area contributed by atoms with Gasteiger partial charge in [-0.15, -0.1) is 0 Å². The third kappa shape index (κ3) is 8.92. The van der Waals surface area contributed by atoms with Crippen molar-refractivity contribution in [2.24, 2.45) is 5.73 Å². The molecule has 0 aromatic carbocycles. The van der Waals surface area contributed by atoms with Crippen LogP contribution >= 0.6 is 31.9 Å². The van der Waals surface area contributed by atoms with Gasteiger partial charge in [0.05, 0.1) is 4.95 Å². The van der Waals surface area contributed by atoms with Gasteiger partial charge in [-0.1, -0.05) is 44.7 Å². The molecule has 0 bridgehead atoms. The molecular weight excluding hydrogens is 246 g/mol. The number of halogens is 2. The van der Waals surface area contributed by atoms with Gasteiger partial charge in [0, 0.05) is 5.33 Å². The first-order valence-corrected chi connectivity index (χ1v) is 5.26. The molecule has 3 heteroatoms. The molecule has 9 heavy (non-hydrogen) atoms. The van der Waals surface area contributed by atoms with Crippen LogP contribution < -0.4 is 5.73 Å². The lowest BCUT2D eigenvalue weighted by atomic mass is 10.2. The van der Waals surface area contributed by atoms with E-state index in [1.807, 2.05) is 0 Å². The van der Waals surface area contributed by atoms with Crippen molar-refractivity contribution in [1.82, 2.24) is 0 Å². The van der Waals surface area contributed by atoms with E-state index in [4.69, 9.17) is 5.73 Å². The van der Waals surface area contributed by atoms with E-state index in [9.17, 15) is 0 Å². The lowest BCUT2D eigenvalue weighted by Crippen LogP contribution is -2.09. The second-order valence-corrected chi connectivity index (χ2v) is 4.02. The molecule has 0 heterocycles. The summed E-state index contributed by atoms with van der Waals surface area (Å²) in [6.45, 7) is 0. The molecule has 56 valence electrons. The van der Waals surface area contributed by atoms with E-state index >= 15 is 0 Å². The highest BCUT2D eigenvalue weighted by Crippen LogP contribution is 2.06. The fourth-order valence-corrected chi connectivity index (χ4v) is 1.33. The minimum Gasteiger partial charge on any atom is -0.319 e. The molecule has 1 atom stereocenters. The van der Waals surface area contributed by atoms with E-state index in [0.717, 1.165) is 11.8 Å². The van der Waals surface area contributed by atoms with Gasteiger partial charge < -0.3 is 5.73 Å². The Labute approximate surface area is 73.6 Å². The number of hydrogen-bond donors (Lipinski definition) is 1. The van der Waals surface area contributed by atoms with Crippen LogP contribution in [0.2, 0.25) is 0 Å². The van der Waals surface area contributed by atoms with Crippen molar-refractivity contribution in [3.63, 3.8) is 0 Å². The third-order valence-electron chi connectivity index (χ3n) is 1.11. The van der Waals surface area contributed by atoms with Gasteiger partial charge in [0.2, 0.25) is 0 Å². The zero-order valence-electron chi connectivity index (χ0n) is 5.45. The first-order chi connectivity index (χ1) is 4.27. The van der Waals surface area contributed by atoms with E-state index in [1.165, 1.54) is 19.3 Å². The minimum atomic E-state index is 0.202. The number of hydrogen-bond acceptors (Lipinski definition) is 1. The lowest BCUT2D eigenvalue weighted by molar-refractivity contribution is 0.664. The highest BCUT2D eigenvalue weighted by atomic mass is 79.9. The molecule has 0 spiro atoms. The standard InChI is InChI=1S/C6H13Br2N/c7-5-3-1-2-4-6(8)9/h6H,1-5,9H2. The molecule has 1 unspecified atom stereocenters. The van der Waals surface area contributed by atoms with Crippen LogP contribution in [0.15, 0.2) is 0 Å². The molecule has 0 aromatic heterocycles. The Morgan fingerprint density at radius 2 is 1.89 bits per heavy atom. The third-order valence-corrected chi connectivity index (χ3v) is 2.13. The zero-order chi connectivity index (χ0) is 7.11. The fraction of sp³-hybridized carbons (Fsp3) is 1.00. The van der Waals surface area contributed by atoms with E-state index in [-0.39, 0.29) is 4.95 Å².